The fourth-order valence-electron chi connectivity index (χ4n) is 1.96. The molecule has 0 saturated heterocycles. The van der Waals surface area contributed by atoms with E-state index in [4.69, 9.17) is 10.9 Å². The summed E-state index contributed by atoms with van der Waals surface area (Å²) < 4.78 is 0. The third-order valence-corrected chi connectivity index (χ3v) is 2.97. The number of nitrogens with zero attached hydrogens (tertiary/aromatic N) is 1. The summed E-state index contributed by atoms with van der Waals surface area (Å²) >= 11 is 0. The van der Waals surface area contributed by atoms with Gasteiger partial charge in [-0.1, -0.05) is 43.6 Å². The molecule has 0 aliphatic heterocycles. The summed E-state index contributed by atoms with van der Waals surface area (Å²) in [4.78, 5) is 0. The first-order valence-corrected chi connectivity index (χ1v) is 6.52. The van der Waals surface area contributed by atoms with E-state index in [0.717, 1.165) is 24.9 Å². The third kappa shape index (κ3) is 4.28. The van der Waals surface area contributed by atoms with Gasteiger partial charge in [0.25, 0.3) is 0 Å². The molecule has 0 spiro atoms. The zero-order valence-electron chi connectivity index (χ0n) is 11.2. The van der Waals surface area contributed by atoms with Gasteiger partial charge in [0, 0.05) is 18.2 Å². The first kappa shape index (κ1) is 14.4. The topological polar surface area (TPSA) is 70.6 Å². The Kier molecular flexibility index (Phi) is 6.05. The highest BCUT2D eigenvalue weighted by atomic mass is 16.4. The van der Waals surface area contributed by atoms with Crippen LogP contribution in [0.1, 0.15) is 38.7 Å². The molecule has 4 heteroatoms. The summed E-state index contributed by atoms with van der Waals surface area (Å²) in [6, 6.07) is 8.50. The number of aryl methyl sites for hydroxylation is 1. The lowest BCUT2D eigenvalue weighted by molar-refractivity contribution is 0.316. The van der Waals surface area contributed by atoms with Crippen molar-refractivity contribution in [3.63, 3.8) is 0 Å². The van der Waals surface area contributed by atoms with Gasteiger partial charge < -0.3 is 16.3 Å². The molecule has 0 amide bonds. The Morgan fingerprint density at radius 3 is 2.72 bits per heavy atom. The molecular weight excluding hydrogens is 226 g/mol. The number of rotatable bonds is 7. The van der Waals surface area contributed by atoms with Gasteiger partial charge in [-0.15, -0.1) is 0 Å². The number of hydrogen-bond donors (Lipinski definition) is 3. The molecule has 0 aliphatic rings. The van der Waals surface area contributed by atoms with Crippen LogP contribution in [-0.2, 0) is 6.42 Å². The minimum atomic E-state index is 0.193. The number of oxime groups is 1. The van der Waals surface area contributed by atoms with Crippen molar-refractivity contribution in [1.29, 1.82) is 0 Å². The predicted octanol–water partition coefficient (Wildman–Crippen LogP) is 2.97. The lowest BCUT2D eigenvalue weighted by Gasteiger charge is -2.20. The molecule has 1 aromatic rings. The van der Waals surface area contributed by atoms with Crippen LogP contribution in [0.4, 0.5) is 5.69 Å². The molecule has 1 atom stereocenters. The Balaban J connectivity index is 2.74. The number of para-hydroxylation sites is 1. The van der Waals surface area contributed by atoms with Crippen LogP contribution < -0.4 is 11.1 Å². The quantitative estimate of drug-likeness (QED) is 0.301. The number of anilines is 1. The molecule has 0 aliphatic carbocycles. The summed E-state index contributed by atoms with van der Waals surface area (Å²) in [5.74, 6) is 0.266. The van der Waals surface area contributed by atoms with Gasteiger partial charge in [-0.25, -0.2) is 0 Å². The smallest absolute Gasteiger partial charge is 0.141 e. The van der Waals surface area contributed by atoms with Gasteiger partial charge in [0.15, 0.2) is 0 Å². The van der Waals surface area contributed by atoms with Crippen molar-refractivity contribution < 1.29 is 5.21 Å². The molecule has 1 unspecified atom stereocenters. The molecule has 1 rings (SSSR count). The Morgan fingerprint density at radius 2 is 2.11 bits per heavy atom. The molecule has 1 aromatic carbocycles. The number of nitrogens with one attached hydrogen (secondary N) is 1. The molecule has 0 heterocycles. The first-order chi connectivity index (χ1) is 8.71. The van der Waals surface area contributed by atoms with E-state index < -0.39 is 0 Å². The van der Waals surface area contributed by atoms with Crippen LogP contribution in [0.2, 0.25) is 0 Å². The summed E-state index contributed by atoms with van der Waals surface area (Å²) in [6.07, 6.45) is 3.66. The largest absolute Gasteiger partial charge is 0.409 e. The van der Waals surface area contributed by atoms with E-state index in [1.165, 1.54) is 5.56 Å². The van der Waals surface area contributed by atoms with Crippen LogP contribution in [0.5, 0.6) is 0 Å². The van der Waals surface area contributed by atoms with Crippen LogP contribution in [0.3, 0.4) is 0 Å². The lowest BCUT2D eigenvalue weighted by atomic mass is 10.1. The normalized spacial score (nSPS) is 13.3. The van der Waals surface area contributed by atoms with Crippen LogP contribution in [-0.4, -0.2) is 17.1 Å². The van der Waals surface area contributed by atoms with Gasteiger partial charge in [-0.05, 0) is 24.5 Å². The van der Waals surface area contributed by atoms with Gasteiger partial charge in [-0.2, -0.15) is 0 Å². The number of amidine groups is 1. The molecule has 0 bridgehead atoms. The minimum Gasteiger partial charge on any atom is -0.409 e. The maximum absolute atomic E-state index is 8.62. The maximum Gasteiger partial charge on any atom is 0.141 e. The van der Waals surface area contributed by atoms with Crippen molar-refractivity contribution in [2.75, 3.05) is 5.32 Å². The zero-order valence-corrected chi connectivity index (χ0v) is 11.2. The molecule has 0 aromatic heterocycles. The monoisotopic (exact) mass is 249 g/mol. The second kappa shape index (κ2) is 7.58. The molecule has 0 radical (unpaired) electrons. The molecule has 100 valence electrons. The Labute approximate surface area is 109 Å². The van der Waals surface area contributed by atoms with Gasteiger partial charge in [-0.3, -0.25) is 0 Å². The van der Waals surface area contributed by atoms with Crippen molar-refractivity contribution in [3.05, 3.63) is 29.8 Å². The lowest BCUT2D eigenvalue weighted by Crippen LogP contribution is -2.26. The zero-order chi connectivity index (χ0) is 13.4. The second-order valence-electron chi connectivity index (χ2n) is 4.45. The fraction of sp³-hybridized carbons (Fsp3) is 0.500. The van der Waals surface area contributed by atoms with Crippen molar-refractivity contribution in [1.82, 2.24) is 0 Å². The summed E-state index contributed by atoms with van der Waals surface area (Å²) in [6.45, 7) is 4.26. The van der Waals surface area contributed by atoms with Gasteiger partial charge >= 0.3 is 0 Å². The van der Waals surface area contributed by atoms with Crippen LogP contribution in [0.25, 0.3) is 0 Å². The molecular formula is C14H23N3O. The first-order valence-electron chi connectivity index (χ1n) is 6.52. The highest BCUT2D eigenvalue weighted by Crippen LogP contribution is 2.19. The number of benzene rings is 1. The van der Waals surface area contributed by atoms with Crippen molar-refractivity contribution in [2.45, 2.75) is 45.6 Å². The molecule has 4 N–H and O–H groups in total. The van der Waals surface area contributed by atoms with Crippen LogP contribution in [0, 0.1) is 0 Å². The Bertz CT molecular complexity index is 390. The summed E-state index contributed by atoms with van der Waals surface area (Å²) in [5.41, 5.74) is 8.03. The third-order valence-electron chi connectivity index (χ3n) is 2.97. The number of nitrogens with two attached hydrogens (primary N) is 1. The average Bonchev–Trinajstić information content (AvgIpc) is 2.40. The van der Waals surface area contributed by atoms with Crippen LogP contribution in [0.15, 0.2) is 29.4 Å². The Hall–Kier alpha value is -1.71. The summed E-state index contributed by atoms with van der Waals surface area (Å²) in [5, 5.41) is 15.1. The van der Waals surface area contributed by atoms with E-state index in [0.29, 0.717) is 6.42 Å². The molecule has 0 fully saturated rings. The Morgan fingerprint density at radius 1 is 1.39 bits per heavy atom. The summed E-state index contributed by atoms with van der Waals surface area (Å²) in [7, 11) is 0. The van der Waals surface area contributed by atoms with Crippen LogP contribution >= 0.6 is 0 Å². The fourth-order valence-corrected chi connectivity index (χ4v) is 1.96. The van der Waals surface area contributed by atoms with E-state index in [-0.39, 0.29) is 11.9 Å². The highest BCUT2D eigenvalue weighted by molar-refractivity contribution is 5.80. The van der Waals surface area contributed by atoms with Crippen molar-refractivity contribution >= 4 is 11.5 Å². The van der Waals surface area contributed by atoms with E-state index in [9.17, 15) is 0 Å². The molecule has 18 heavy (non-hydrogen) atoms. The van der Waals surface area contributed by atoms with Gasteiger partial charge in [0.1, 0.15) is 5.84 Å². The van der Waals surface area contributed by atoms with E-state index in [1.807, 2.05) is 6.07 Å². The van der Waals surface area contributed by atoms with Crippen molar-refractivity contribution in [3.8, 4) is 0 Å². The van der Waals surface area contributed by atoms with E-state index in [2.05, 4.69) is 42.5 Å². The minimum absolute atomic E-state index is 0.193. The average molecular weight is 249 g/mol. The number of hydrogen-bond acceptors (Lipinski definition) is 3. The SMILES string of the molecule is CCCc1ccccc1NC(CC)CC(N)=NO. The molecule has 0 saturated carbocycles. The second-order valence-corrected chi connectivity index (χ2v) is 4.45. The van der Waals surface area contributed by atoms with E-state index >= 15 is 0 Å². The van der Waals surface area contributed by atoms with Gasteiger partial charge in [0.05, 0.1) is 0 Å². The molecule has 4 nitrogen and oxygen atoms in total. The van der Waals surface area contributed by atoms with E-state index in [1.54, 1.807) is 0 Å². The predicted molar refractivity (Wildman–Crippen MR) is 76.2 cm³/mol. The van der Waals surface area contributed by atoms with Crippen molar-refractivity contribution in [2.24, 2.45) is 10.9 Å². The highest BCUT2D eigenvalue weighted by Gasteiger charge is 2.10. The maximum atomic E-state index is 8.62. The standard InChI is InChI=1S/C14H23N3O/c1-3-7-11-8-5-6-9-13(11)16-12(4-2)10-14(15)17-18/h5-6,8-9,12,16,18H,3-4,7,10H2,1-2H3,(H2,15,17). The van der Waals surface area contributed by atoms with Gasteiger partial charge in [0.2, 0.25) is 0 Å².